The minimum Gasteiger partial charge on any atom is -0.385 e. The zero-order valence-electron chi connectivity index (χ0n) is 11.9. The summed E-state index contributed by atoms with van der Waals surface area (Å²) >= 11 is 1.81. The molecule has 0 saturated carbocycles. The Hall–Kier alpha value is -1.73. The average molecular weight is 303 g/mol. The third-order valence-corrected chi connectivity index (χ3v) is 5.08. The van der Waals surface area contributed by atoms with Gasteiger partial charge in [0, 0.05) is 25.1 Å². The van der Waals surface area contributed by atoms with Crippen LogP contribution in [0.1, 0.15) is 23.3 Å². The van der Waals surface area contributed by atoms with Crippen LogP contribution in [0, 0.1) is 0 Å². The quantitative estimate of drug-likeness (QED) is 0.733. The number of hydrogen-bond acceptors (Lipinski definition) is 6. The standard InChI is InChI=1S/C14H17N5OS/c1-20-7-3-6-15-14-18-13-11(12-16-8-17-19(12)14)9-4-2-5-10(9)21-13/h8H,2-7H2,1H3,(H,15,18). The smallest absolute Gasteiger partial charge is 0.227 e. The fraction of sp³-hybridized carbons (Fsp3) is 0.500. The number of anilines is 1. The van der Waals surface area contributed by atoms with Gasteiger partial charge in [-0.05, 0) is 31.2 Å². The van der Waals surface area contributed by atoms with Gasteiger partial charge in [0.25, 0.3) is 0 Å². The average Bonchev–Trinajstić information content (AvgIpc) is 3.16. The SMILES string of the molecule is COCCCNc1nc2sc3c(c2c2ncnn12)CCC3. The molecule has 0 aromatic carbocycles. The van der Waals surface area contributed by atoms with E-state index in [2.05, 4.69) is 15.4 Å². The lowest BCUT2D eigenvalue weighted by Gasteiger charge is -2.07. The first-order chi connectivity index (χ1) is 10.4. The third kappa shape index (κ3) is 2.08. The number of aromatic nitrogens is 4. The van der Waals surface area contributed by atoms with Gasteiger partial charge in [-0.25, -0.2) is 9.97 Å². The molecule has 0 fully saturated rings. The van der Waals surface area contributed by atoms with E-state index in [-0.39, 0.29) is 0 Å². The van der Waals surface area contributed by atoms with Gasteiger partial charge in [0.15, 0.2) is 5.65 Å². The van der Waals surface area contributed by atoms with E-state index in [4.69, 9.17) is 9.72 Å². The minimum absolute atomic E-state index is 0.739. The van der Waals surface area contributed by atoms with Crippen LogP contribution in [0.2, 0.25) is 0 Å². The van der Waals surface area contributed by atoms with Crippen molar-refractivity contribution in [3.8, 4) is 0 Å². The van der Waals surface area contributed by atoms with Gasteiger partial charge in [-0.3, -0.25) is 0 Å². The molecule has 6 nitrogen and oxygen atoms in total. The summed E-state index contributed by atoms with van der Waals surface area (Å²) in [4.78, 5) is 11.8. The number of thiophene rings is 1. The lowest BCUT2D eigenvalue weighted by atomic mass is 10.2. The first kappa shape index (κ1) is 13.0. The van der Waals surface area contributed by atoms with Crippen molar-refractivity contribution in [3.05, 3.63) is 16.8 Å². The maximum absolute atomic E-state index is 5.07. The summed E-state index contributed by atoms with van der Waals surface area (Å²) in [6.07, 6.45) is 6.10. The lowest BCUT2D eigenvalue weighted by molar-refractivity contribution is 0.197. The molecule has 4 rings (SSSR count). The molecule has 7 heteroatoms. The van der Waals surface area contributed by atoms with Gasteiger partial charge in [-0.15, -0.1) is 11.3 Å². The number of rotatable bonds is 5. The Labute approximate surface area is 126 Å². The van der Waals surface area contributed by atoms with Crippen molar-refractivity contribution in [2.45, 2.75) is 25.7 Å². The van der Waals surface area contributed by atoms with Gasteiger partial charge in [0.05, 0.1) is 5.39 Å². The number of nitrogens with zero attached hydrogens (tertiary/aromatic N) is 4. The summed E-state index contributed by atoms with van der Waals surface area (Å²) in [5, 5.41) is 8.87. The number of fused-ring (bicyclic) bond motifs is 5. The van der Waals surface area contributed by atoms with Crippen LogP contribution in [0.4, 0.5) is 5.95 Å². The van der Waals surface area contributed by atoms with E-state index in [9.17, 15) is 0 Å². The molecule has 0 unspecified atom stereocenters. The fourth-order valence-electron chi connectivity index (χ4n) is 2.94. The van der Waals surface area contributed by atoms with Crippen LogP contribution < -0.4 is 5.32 Å². The summed E-state index contributed by atoms with van der Waals surface area (Å²) in [5.41, 5.74) is 2.36. The molecule has 0 bridgehead atoms. The molecule has 3 heterocycles. The maximum atomic E-state index is 5.07. The van der Waals surface area contributed by atoms with E-state index in [1.54, 1.807) is 24.8 Å². The molecule has 0 spiro atoms. The molecule has 1 aliphatic rings. The Balaban J connectivity index is 1.78. The summed E-state index contributed by atoms with van der Waals surface area (Å²) in [5.74, 6) is 0.769. The Morgan fingerprint density at radius 1 is 1.43 bits per heavy atom. The molecule has 0 aliphatic heterocycles. The molecule has 3 aromatic rings. The molecule has 1 aliphatic carbocycles. The Morgan fingerprint density at radius 2 is 2.38 bits per heavy atom. The largest absolute Gasteiger partial charge is 0.385 e. The van der Waals surface area contributed by atoms with Gasteiger partial charge < -0.3 is 10.1 Å². The predicted molar refractivity (Wildman–Crippen MR) is 83.2 cm³/mol. The highest BCUT2D eigenvalue weighted by molar-refractivity contribution is 7.19. The van der Waals surface area contributed by atoms with Crippen molar-refractivity contribution in [1.82, 2.24) is 19.6 Å². The fourth-order valence-corrected chi connectivity index (χ4v) is 4.20. The van der Waals surface area contributed by atoms with Crippen LogP contribution in [0.3, 0.4) is 0 Å². The second-order valence-corrected chi connectivity index (χ2v) is 6.33. The van der Waals surface area contributed by atoms with E-state index in [1.807, 2.05) is 4.52 Å². The minimum atomic E-state index is 0.739. The molecule has 1 N–H and O–H groups in total. The molecular weight excluding hydrogens is 286 g/mol. The van der Waals surface area contributed by atoms with Gasteiger partial charge >= 0.3 is 0 Å². The van der Waals surface area contributed by atoms with Gasteiger partial charge in [-0.2, -0.15) is 9.61 Å². The van der Waals surface area contributed by atoms with Gasteiger partial charge in [0.2, 0.25) is 5.95 Å². The monoisotopic (exact) mass is 303 g/mol. The van der Waals surface area contributed by atoms with Crippen molar-refractivity contribution in [2.24, 2.45) is 0 Å². The number of hydrogen-bond donors (Lipinski definition) is 1. The summed E-state index contributed by atoms with van der Waals surface area (Å²) in [7, 11) is 1.72. The van der Waals surface area contributed by atoms with Crippen molar-refractivity contribution < 1.29 is 4.74 Å². The molecular formula is C14H17N5OS. The molecule has 0 atom stereocenters. The first-order valence-corrected chi connectivity index (χ1v) is 8.07. The van der Waals surface area contributed by atoms with Crippen LogP contribution in [-0.4, -0.2) is 39.8 Å². The summed E-state index contributed by atoms with van der Waals surface area (Å²) in [6.45, 7) is 1.55. The molecule has 21 heavy (non-hydrogen) atoms. The predicted octanol–water partition coefficient (Wildman–Crippen LogP) is 2.28. The topological polar surface area (TPSA) is 64.3 Å². The van der Waals surface area contributed by atoms with Crippen LogP contribution >= 0.6 is 11.3 Å². The van der Waals surface area contributed by atoms with Crippen molar-refractivity contribution in [1.29, 1.82) is 0 Å². The highest BCUT2D eigenvalue weighted by Gasteiger charge is 2.22. The molecule has 110 valence electrons. The van der Waals surface area contributed by atoms with Gasteiger partial charge in [0.1, 0.15) is 11.2 Å². The van der Waals surface area contributed by atoms with E-state index < -0.39 is 0 Å². The molecule has 3 aromatic heterocycles. The first-order valence-electron chi connectivity index (χ1n) is 7.25. The highest BCUT2D eigenvalue weighted by Crippen LogP contribution is 2.38. The van der Waals surface area contributed by atoms with Crippen LogP contribution in [-0.2, 0) is 17.6 Å². The van der Waals surface area contributed by atoms with E-state index in [0.717, 1.165) is 42.4 Å². The zero-order valence-corrected chi connectivity index (χ0v) is 12.7. The normalized spacial score (nSPS) is 14.1. The van der Waals surface area contributed by atoms with Crippen LogP contribution in [0.15, 0.2) is 6.33 Å². The number of methoxy groups -OCH3 is 1. The molecule has 0 amide bonds. The summed E-state index contributed by atoms with van der Waals surface area (Å²) < 4.78 is 6.89. The van der Waals surface area contributed by atoms with E-state index >= 15 is 0 Å². The van der Waals surface area contributed by atoms with Crippen molar-refractivity contribution >= 4 is 33.1 Å². The number of aryl methyl sites for hydroxylation is 2. The van der Waals surface area contributed by atoms with Crippen LogP contribution in [0.5, 0.6) is 0 Å². The third-order valence-electron chi connectivity index (χ3n) is 3.89. The van der Waals surface area contributed by atoms with E-state index in [0.29, 0.717) is 0 Å². The molecule has 0 saturated heterocycles. The number of ether oxygens (including phenoxy) is 1. The Bertz CT molecular complexity index is 793. The highest BCUT2D eigenvalue weighted by atomic mass is 32.1. The maximum Gasteiger partial charge on any atom is 0.227 e. The number of nitrogens with one attached hydrogen (secondary N) is 1. The summed E-state index contributed by atoms with van der Waals surface area (Å²) in [6, 6.07) is 0. The second kappa shape index (κ2) is 5.23. The Kier molecular flexibility index (Phi) is 3.23. The Morgan fingerprint density at radius 3 is 3.29 bits per heavy atom. The van der Waals surface area contributed by atoms with Gasteiger partial charge in [-0.1, -0.05) is 0 Å². The zero-order chi connectivity index (χ0) is 14.2. The van der Waals surface area contributed by atoms with E-state index in [1.165, 1.54) is 28.7 Å². The van der Waals surface area contributed by atoms with Crippen molar-refractivity contribution in [2.75, 3.05) is 25.6 Å². The second-order valence-electron chi connectivity index (χ2n) is 5.24. The van der Waals surface area contributed by atoms with Crippen LogP contribution in [0.25, 0.3) is 15.9 Å². The molecule has 0 radical (unpaired) electrons. The van der Waals surface area contributed by atoms with Crippen molar-refractivity contribution in [3.63, 3.8) is 0 Å². The lowest BCUT2D eigenvalue weighted by Crippen LogP contribution is -2.10.